The number of rotatable bonds is 7. The number of nitrogens with zero attached hydrogens (tertiary/aromatic N) is 1. The van der Waals surface area contributed by atoms with Crippen molar-refractivity contribution in [1.29, 1.82) is 0 Å². The molecule has 2 heterocycles. The van der Waals surface area contributed by atoms with Gasteiger partial charge in [-0.3, -0.25) is 9.59 Å². The maximum Gasteiger partial charge on any atom is 0.236 e. The Hall–Kier alpha value is -3.00. The van der Waals surface area contributed by atoms with Gasteiger partial charge < -0.3 is 20.3 Å². The Morgan fingerprint density at radius 3 is 2.62 bits per heavy atom. The van der Waals surface area contributed by atoms with Crippen LogP contribution in [0.4, 0.5) is 8.78 Å². The minimum atomic E-state index is -0.714. The summed E-state index contributed by atoms with van der Waals surface area (Å²) in [5, 5.41) is 6.33. The van der Waals surface area contributed by atoms with Crippen molar-refractivity contribution in [2.75, 3.05) is 19.6 Å². The van der Waals surface area contributed by atoms with E-state index in [0.29, 0.717) is 31.5 Å². The summed E-state index contributed by atoms with van der Waals surface area (Å²) in [4.78, 5) is 26.1. The van der Waals surface area contributed by atoms with E-state index >= 15 is 0 Å². The zero-order chi connectivity index (χ0) is 23.7. The summed E-state index contributed by atoms with van der Waals surface area (Å²) in [5.74, 6) is -1.28. The molecule has 2 N–H and O–H groups in total. The van der Waals surface area contributed by atoms with Gasteiger partial charge in [-0.2, -0.15) is 0 Å². The first-order chi connectivity index (χ1) is 16.4. The van der Waals surface area contributed by atoms with E-state index in [1.807, 2.05) is 35.2 Å². The highest BCUT2D eigenvalue weighted by molar-refractivity contribution is 5.80. The maximum atomic E-state index is 14.6. The van der Waals surface area contributed by atoms with Crippen LogP contribution in [0.1, 0.15) is 49.1 Å². The van der Waals surface area contributed by atoms with Crippen LogP contribution in [0.15, 0.2) is 42.5 Å². The monoisotopic (exact) mass is 469 g/mol. The van der Waals surface area contributed by atoms with E-state index in [2.05, 4.69) is 10.6 Å². The molecule has 1 aliphatic carbocycles. The van der Waals surface area contributed by atoms with Crippen molar-refractivity contribution < 1.29 is 23.1 Å². The van der Waals surface area contributed by atoms with E-state index in [1.165, 1.54) is 6.07 Å². The van der Waals surface area contributed by atoms with Crippen LogP contribution in [0.3, 0.4) is 0 Å². The number of halogens is 2. The predicted octanol–water partition coefficient (Wildman–Crippen LogP) is 3.26. The lowest BCUT2D eigenvalue weighted by Crippen LogP contribution is -2.53. The third kappa shape index (κ3) is 4.92. The molecule has 2 saturated heterocycles. The summed E-state index contributed by atoms with van der Waals surface area (Å²) in [6.45, 7) is 1.62. The summed E-state index contributed by atoms with van der Waals surface area (Å²) in [6.07, 6.45) is 3.65. The molecule has 2 amide bonds. The Bertz CT molecular complexity index is 1070. The Morgan fingerprint density at radius 2 is 1.91 bits per heavy atom. The maximum absolute atomic E-state index is 14.6. The van der Waals surface area contributed by atoms with Crippen molar-refractivity contribution in [3.8, 4) is 5.75 Å². The molecule has 2 aromatic rings. The summed E-state index contributed by atoms with van der Waals surface area (Å²) in [6, 6.07) is 11.6. The van der Waals surface area contributed by atoms with Gasteiger partial charge in [0.1, 0.15) is 12.4 Å². The smallest absolute Gasteiger partial charge is 0.236 e. The third-order valence-electron chi connectivity index (χ3n) is 7.28. The van der Waals surface area contributed by atoms with Gasteiger partial charge in [0.2, 0.25) is 11.8 Å². The average Bonchev–Trinajstić information content (AvgIpc) is 3.52. The zero-order valence-electron chi connectivity index (χ0n) is 19.0. The van der Waals surface area contributed by atoms with E-state index < -0.39 is 11.6 Å². The third-order valence-corrected chi connectivity index (χ3v) is 7.28. The largest absolute Gasteiger partial charge is 0.486 e. The molecule has 0 radical (unpaired) electrons. The molecule has 1 spiro atoms. The molecule has 0 bridgehead atoms. The fourth-order valence-electron chi connectivity index (χ4n) is 5.16. The number of likely N-dealkylation sites (tertiary alicyclic amines) is 1. The van der Waals surface area contributed by atoms with Crippen LogP contribution in [-0.4, -0.2) is 47.9 Å². The van der Waals surface area contributed by atoms with Crippen LogP contribution in [0, 0.1) is 11.6 Å². The molecule has 3 fully saturated rings. The first kappa shape index (κ1) is 22.8. The lowest BCUT2D eigenvalue weighted by molar-refractivity contribution is -0.132. The van der Waals surface area contributed by atoms with Crippen molar-refractivity contribution in [1.82, 2.24) is 15.5 Å². The highest BCUT2D eigenvalue weighted by Gasteiger charge is 2.43. The zero-order valence-corrected chi connectivity index (χ0v) is 19.0. The minimum Gasteiger partial charge on any atom is -0.486 e. The average molecular weight is 470 g/mol. The normalized spacial score (nSPS) is 23.1. The second kappa shape index (κ2) is 9.33. The minimum absolute atomic E-state index is 0.01000. The van der Waals surface area contributed by atoms with Crippen LogP contribution in [0.2, 0.25) is 0 Å². The number of amides is 2. The second-order valence-electron chi connectivity index (χ2n) is 9.62. The topological polar surface area (TPSA) is 70.7 Å². The van der Waals surface area contributed by atoms with Crippen LogP contribution in [0.5, 0.6) is 5.75 Å². The molecule has 5 rings (SSSR count). The van der Waals surface area contributed by atoms with E-state index in [1.54, 1.807) is 0 Å². The number of hydrogen-bond donors (Lipinski definition) is 2. The van der Waals surface area contributed by atoms with Gasteiger partial charge in [-0.25, -0.2) is 8.78 Å². The molecule has 2 aromatic carbocycles. The van der Waals surface area contributed by atoms with E-state index in [4.69, 9.17) is 4.74 Å². The molecule has 8 heteroatoms. The Morgan fingerprint density at radius 1 is 1.15 bits per heavy atom. The number of ether oxygens (including phenoxy) is 1. The summed E-state index contributed by atoms with van der Waals surface area (Å²) >= 11 is 0. The van der Waals surface area contributed by atoms with Gasteiger partial charge >= 0.3 is 0 Å². The quantitative estimate of drug-likeness (QED) is 0.653. The van der Waals surface area contributed by atoms with Gasteiger partial charge in [0.25, 0.3) is 0 Å². The fraction of sp³-hybridized carbons (Fsp3) is 0.462. The lowest BCUT2D eigenvalue weighted by Gasteiger charge is -2.39. The van der Waals surface area contributed by atoms with Crippen molar-refractivity contribution in [3.05, 3.63) is 65.2 Å². The fourth-order valence-corrected chi connectivity index (χ4v) is 5.16. The van der Waals surface area contributed by atoms with Crippen LogP contribution in [-0.2, 0) is 16.2 Å². The van der Waals surface area contributed by atoms with E-state index in [0.717, 1.165) is 30.9 Å². The van der Waals surface area contributed by atoms with Gasteiger partial charge in [0.15, 0.2) is 11.6 Å². The van der Waals surface area contributed by atoms with Crippen molar-refractivity contribution in [3.63, 3.8) is 0 Å². The molecule has 2 unspecified atom stereocenters. The van der Waals surface area contributed by atoms with E-state index in [9.17, 15) is 18.4 Å². The first-order valence-corrected chi connectivity index (χ1v) is 11.9. The van der Waals surface area contributed by atoms with Gasteiger partial charge in [-0.15, -0.1) is 0 Å². The molecular weight excluding hydrogens is 440 g/mol. The molecule has 1 saturated carbocycles. The Balaban J connectivity index is 1.15. The summed E-state index contributed by atoms with van der Waals surface area (Å²) < 4.78 is 34.3. The summed E-state index contributed by atoms with van der Waals surface area (Å²) in [7, 11) is 0. The molecule has 3 aliphatic rings. The van der Waals surface area contributed by atoms with Gasteiger partial charge in [-0.1, -0.05) is 30.3 Å². The molecule has 2 aliphatic heterocycles. The van der Waals surface area contributed by atoms with Gasteiger partial charge in [0.05, 0.1) is 6.54 Å². The van der Waals surface area contributed by atoms with Crippen molar-refractivity contribution in [2.45, 2.75) is 56.2 Å². The molecule has 6 nitrogen and oxygen atoms in total. The Kier molecular flexibility index (Phi) is 6.25. The van der Waals surface area contributed by atoms with Crippen molar-refractivity contribution in [2.24, 2.45) is 0 Å². The number of hydrogen-bond acceptors (Lipinski definition) is 4. The van der Waals surface area contributed by atoms with Crippen LogP contribution < -0.4 is 15.4 Å². The first-order valence-electron chi connectivity index (χ1n) is 11.9. The standard InChI is InChI=1S/C26H29F2N3O3/c27-18-12-20(25(21(28)13-18)34-16-17-4-2-1-3-5-17)19-14-22(19)29-15-24(33)31-10-8-26(9-11-31)7-6-23(32)30-26/h1-5,12-13,19,22,29H,6-11,14-16H2,(H,30,32). The van der Waals surface area contributed by atoms with Crippen molar-refractivity contribution >= 4 is 11.8 Å². The number of carbonyl (C=O) groups excluding carboxylic acids is 2. The number of carbonyl (C=O) groups is 2. The SMILES string of the molecule is O=C1CCC2(CCN(C(=O)CNC3CC3c3cc(F)cc(F)c3OCc3ccccc3)CC2)N1. The van der Waals surface area contributed by atoms with Gasteiger partial charge in [-0.05, 0) is 37.3 Å². The lowest BCUT2D eigenvalue weighted by atomic mass is 9.86. The molecular formula is C26H29F2N3O3. The summed E-state index contributed by atoms with van der Waals surface area (Å²) in [5.41, 5.74) is 1.25. The van der Waals surface area contributed by atoms with E-state index in [-0.39, 0.29) is 48.2 Å². The predicted molar refractivity (Wildman–Crippen MR) is 122 cm³/mol. The van der Waals surface area contributed by atoms with Gasteiger partial charge in [0, 0.05) is 48.6 Å². The van der Waals surface area contributed by atoms with Crippen LogP contribution >= 0.6 is 0 Å². The highest BCUT2D eigenvalue weighted by atomic mass is 19.1. The second-order valence-corrected chi connectivity index (χ2v) is 9.62. The molecule has 2 atom stereocenters. The molecule has 180 valence electrons. The number of nitrogens with one attached hydrogen (secondary N) is 2. The number of piperidine rings is 1. The van der Waals surface area contributed by atoms with Crippen LogP contribution in [0.25, 0.3) is 0 Å². The molecule has 0 aromatic heterocycles. The number of benzene rings is 2. The molecule has 34 heavy (non-hydrogen) atoms. The Labute approximate surface area is 197 Å². The highest BCUT2D eigenvalue weighted by Crippen LogP contribution is 2.46.